The molecule has 152 valence electrons. The van der Waals surface area contributed by atoms with Crippen molar-refractivity contribution in [3.8, 4) is 0 Å². The SMILES string of the molecule is CC(C)OCCN(CCNC(=O)OC(C)(C)C)C(=O)OCc1ccccc1. The average Bonchev–Trinajstić information content (AvgIpc) is 2.57. The summed E-state index contributed by atoms with van der Waals surface area (Å²) in [5, 5.41) is 2.65. The topological polar surface area (TPSA) is 77.1 Å². The first kappa shape index (κ1) is 22.8. The summed E-state index contributed by atoms with van der Waals surface area (Å²) >= 11 is 0. The van der Waals surface area contributed by atoms with Gasteiger partial charge in [0, 0.05) is 19.6 Å². The number of ether oxygens (including phenoxy) is 3. The molecule has 7 heteroatoms. The molecule has 0 saturated carbocycles. The van der Waals surface area contributed by atoms with Gasteiger partial charge >= 0.3 is 12.2 Å². The van der Waals surface area contributed by atoms with Gasteiger partial charge in [0.15, 0.2) is 0 Å². The van der Waals surface area contributed by atoms with Gasteiger partial charge in [-0.1, -0.05) is 30.3 Å². The minimum atomic E-state index is -0.566. The highest BCUT2D eigenvalue weighted by molar-refractivity contribution is 5.69. The molecule has 1 aromatic rings. The molecule has 1 rings (SSSR count). The van der Waals surface area contributed by atoms with Crippen molar-refractivity contribution in [2.75, 3.05) is 26.2 Å². The van der Waals surface area contributed by atoms with E-state index in [0.29, 0.717) is 19.7 Å². The lowest BCUT2D eigenvalue weighted by Crippen LogP contribution is -2.42. The van der Waals surface area contributed by atoms with Crippen molar-refractivity contribution >= 4 is 12.2 Å². The number of alkyl carbamates (subject to hydrolysis) is 1. The molecule has 0 heterocycles. The zero-order valence-corrected chi connectivity index (χ0v) is 17.0. The Morgan fingerprint density at radius 1 is 1.11 bits per heavy atom. The third-order valence-corrected chi connectivity index (χ3v) is 3.33. The van der Waals surface area contributed by atoms with E-state index < -0.39 is 17.8 Å². The molecule has 0 atom stereocenters. The van der Waals surface area contributed by atoms with Gasteiger partial charge in [0.05, 0.1) is 12.7 Å². The van der Waals surface area contributed by atoms with Crippen LogP contribution in [-0.4, -0.2) is 55.0 Å². The van der Waals surface area contributed by atoms with E-state index in [1.807, 2.05) is 44.2 Å². The molecule has 1 aromatic carbocycles. The molecule has 7 nitrogen and oxygen atoms in total. The highest BCUT2D eigenvalue weighted by Crippen LogP contribution is 2.07. The number of amides is 2. The van der Waals surface area contributed by atoms with E-state index in [-0.39, 0.29) is 19.3 Å². The van der Waals surface area contributed by atoms with E-state index in [9.17, 15) is 9.59 Å². The lowest BCUT2D eigenvalue weighted by atomic mass is 10.2. The Labute approximate surface area is 162 Å². The summed E-state index contributed by atoms with van der Waals surface area (Å²) in [5.41, 5.74) is 0.347. The van der Waals surface area contributed by atoms with Gasteiger partial charge in [-0.25, -0.2) is 9.59 Å². The summed E-state index contributed by atoms with van der Waals surface area (Å²) in [6.45, 7) is 10.8. The zero-order valence-electron chi connectivity index (χ0n) is 17.0. The molecule has 0 aliphatic carbocycles. The van der Waals surface area contributed by atoms with Crippen molar-refractivity contribution in [2.45, 2.75) is 52.9 Å². The lowest BCUT2D eigenvalue weighted by molar-refractivity contribution is 0.0441. The Kier molecular flexibility index (Phi) is 9.64. The number of benzene rings is 1. The third-order valence-electron chi connectivity index (χ3n) is 3.33. The first-order valence-corrected chi connectivity index (χ1v) is 9.21. The molecule has 0 aromatic heterocycles. The quantitative estimate of drug-likeness (QED) is 0.709. The number of rotatable bonds is 9. The predicted octanol–water partition coefficient (Wildman–Crippen LogP) is 3.57. The second-order valence-corrected chi connectivity index (χ2v) is 7.38. The molecular weight excluding hydrogens is 348 g/mol. The first-order chi connectivity index (χ1) is 12.7. The molecule has 0 radical (unpaired) electrons. The molecule has 27 heavy (non-hydrogen) atoms. The number of hydrogen-bond acceptors (Lipinski definition) is 5. The Bertz CT molecular complexity index is 569. The van der Waals surface area contributed by atoms with Crippen LogP contribution in [0.1, 0.15) is 40.2 Å². The number of carbonyl (C=O) groups excluding carboxylic acids is 2. The summed E-state index contributed by atoms with van der Waals surface area (Å²) in [7, 11) is 0. The molecule has 1 N–H and O–H groups in total. The molecule has 0 fully saturated rings. The van der Waals surface area contributed by atoms with Crippen LogP contribution in [0.5, 0.6) is 0 Å². The second kappa shape index (κ2) is 11.4. The van der Waals surface area contributed by atoms with Gasteiger partial charge in [-0.15, -0.1) is 0 Å². The van der Waals surface area contributed by atoms with Gasteiger partial charge in [0.1, 0.15) is 12.2 Å². The third kappa shape index (κ3) is 11.1. The maximum absolute atomic E-state index is 12.4. The smallest absolute Gasteiger partial charge is 0.410 e. The Hall–Kier alpha value is -2.28. The maximum atomic E-state index is 12.4. The molecule has 2 amide bonds. The van der Waals surface area contributed by atoms with Crippen LogP contribution in [-0.2, 0) is 20.8 Å². The fraction of sp³-hybridized carbons (Fsp3) is 0.600. The molecule has 0 saturated heterocycles. The van der Waals surface area contributed by atoms with E-state index in [1.165, 1.54) is 4.90 Å². The lowest BCUT2D eigenvalue weighted by Gasteiger charge is -2.24. The summed E-state index contributed by atoms with van der Waals surface area (Å²) in [6.07, 6.45) is -0.886. The molecule has 0 unspecified atom stereocenters. The predicted molar refractivity (Wildman–Crippen MR) is 104 cm³/mol. The van der Waals surface area contributed by atoms with Crippen LogP contribution in [0.4, 0.5) is 9.59 Å². The van der Waals surface area contributed by atoms with Crippen molar-refractivity contribution in [2.24, 2.45) is 0 Å². The van der Waals surface area contributed by atoms with Crippen molar-refractivity contribution in [3.05, 3.63) is 35.9 Å². The minimum Gasteiger partial charge on any atom is -0.445 e. The number of carbonyl (C=O) groups is 2. The summed E-state index contributed by atoms with van der Waals surface area (Å²) < 4.78 is 16.1. The summed E-state index contributed by atoms with van der Waals surface area (Å²) in [4.78, 5) is 25.6. The fourth-order valence-corrected chi connectivity index (χ4v) is 2.11. The van der Waals surface area contributed by atoms with Crippen molar-refractivity contribution in [3.63, 3.8) is 0 Å². The second-order valence-electron chi connectivity index (χ2n) is 7.38. The Morgan fingerprint density at radius 3 is 2.37 bits per heavy atom. The van der Waals surface area contributed by atoms with Crippen molar-refractivity contribution in [1.29, 1.82) is 0 Å². The normalized spacial score (nSPS) is 11.2. The maximum Gasteiger partial charge on any atom is 0.410 e. The van der Waals surface area contributed by atoms with Gasteiger partial charge in [-0.05, 0) is 40.2 Å². The average molecular weight is 380 g/mol. The minimum absolute atomic E-state index is 0.0760. The van der Waals surface area contributed by atoms with Crippen LogP contribution in [0.25, 0.3) is 0 Å². The molecule has 0 aliphatic heterocycles. The van der Waals surface area contributed by atoms with Crippen molar-refractivity contribution < 1.29 is 23.8 Å². The van der Waals surface area contributed by atoms with Crippen LogP contribution < -0.4 is 5.32 Å². The van der Waals surface area contributed by atoms with Gasteiger partial charge in [-0.2, -0.15) is 0 Å². The Balaban J connectivity index is 2.50. The van der Waals surface area contributed by atoms with Crippen LogP contribution >= 0.6 is 0 Å². The van der Waals surface area contributed by atoms with E-state index in [1.54, 1.807) is 20.8 Å². The first-order valence-electron chi connectivity index (χ1n) is 9.21. The molecular formula is C20H32N2O5. The Morgan fingerprint density at radius 2 is 1.78 bits per heavy atom. The number of nitrogens with one attached hydrogen (secondary N) is 1. The van der Waals surface area contributed by atoms with Crippen LogP contribution in [0.15, 0.2) is 30.3 Å². The number of hydrogen-bond donors (Lipinski definition) is 1. The van der Waals surface area contributed by atoms with Gasteiger partial charge < -0.3 is 24.4 Å². The standard InChI is InChI=1S/C20H32N2O5/c1-16(2)25-14-13-22(12-11-21-18(23)27-20(3,4)5)19(24)26-15-17-9-7-6-8-10-17/h6-10,16H,11-15H2,1-5H3,(H,21,23). The van der Waals surface area contributed by atoms with Crippen molar-refractivity contribution in [1.82, 2.24) is 10.2 Å². The monoisotopic (exact) mass is 380 g/mol. The van der Waals surface area contributed by atoms with Gasteiger partial charge in [0.2, 0.25) is 0 Å². The van der Waals surface area contributed by atoms with E-state index in [2.05, 4.69) is 5.32 Å². The fourth-order valence-electron chi connectivity index (χ4n) is 2.11. The summed E-state index contributed by atoms with van der Waals surface area (Å²) in [5.74, 6) is 0. The van der Waals surface area contributed by atoms with E-state index >= 15 is 0 Å². The van der Waals surface area contributed by atoms with Gasteiger partial charge in [0.25, 0.3) is 0 Å². The highest BCUT2D eigenvalue weighted by Gasteiger charge is 2.18. The molecule has 0 spiro atoms. The molecule has 0 aliphatic rings. The van der Waals surface area contributed by atoms with E-state index in [4.69, 9.17) is 14.2 Å². The van der Waals surface area contributed by atoms with E-state index in [0.717, 1.165) is 5.56 Å². The highest BCUT2D eigenvalue weighted by atomic mass is 16.6. The zero-order chi connectivity index (χ0) is 20.3. The van der Waals surface area contributed by atoms with Gasteiger partial charge in [-0.3, -0.25) is 0 Å². The van der Waals surface area contributed by atoms with Crippen LogP contribution in [0.2, 0.25) is 0 Å². The molecule has 0 bridgehead atoms. The summed E-state index contributed by atoms with van der Waals surface area (Å²) in [6, 6.07) is 9.47. The number of nitrogens with zero attached hydrogens (tertiary/aromatic N) is 1. The largest absolute Gasteiger partial charge is 0.445 e. The van der Waals surface area contributed by atoms with Crippen LogP contribution in [0, 0.1) is 0 Å². The van der Waals surface area contributed by atoms with Crippen LogP contribution in [0.3, 0.4) is 0 Å².